The predicted octanol–water partition coefficient (Wildman–Crippen LogP) is 2.44. The topological polar surface area (TPSA) is 75.2 Å². The molecular weight excluding hydrogens is 356 g/mol. The third-order valence-electron chi connectivity index (χ3n) is 4.34. The molecule has 136 valence electrons. The number of aryl methyl sites for hydroxylation is 1. The van der Waals surface area contributed by atoms with Gasteiger partial charge in [0.1, 0.15) is 5.01 Å². The Balaban J connectivity index is 1.54. The van der Waals surface area contributed by atoms with Gasteiger partial charge in [-0.3, -0.25) is 0 Å². The van der Waals surface area contributed by atoms with Crippen LogP contribution in [0.4, 0.5) is 5.13 Å². The number of nitrogens with one attached hydrogen (secondary N) is 1. The summed E-state index contributed by atoms with van der Waals surface area (Å²) in [5, 5.41) is 10.4. The van der Waals surface area contributed by atoms with Crippen LogP contribution >= 0.6 is 11.3 Å². The Morgan fingerprint density at radius 3 is 2.80 bits per heavy atom. The lowest BCUT2D eigenvalue weighted by Gasteiger charge is -2.32. The molecule has 1 atom stereocenters. The largest absolute Gasteiger partial charge is 0.346 e. The van der Waals surface area contributed by atoms with Gasteiger partial charge in [0.2, 0.25) is 15.2 Å². The number of nitrogens with zero attached hydrogens (tertiary/aromatic N) is 3. The first-order chi connectivity index (χ1) is 12.1. The maximum atomic E-state index is 12.3. The Bertz CT molecular complexity index is 777. The van der Waals surface area contributed by atoms with E-state index in [1.165, 1.54) is 0 Å². The summed E-state index contributed by atoms with van der Waals surface area (Å²) in [6.07, 6.45) is 2.98. The van der Waals surface area contributed by atoms with Crippen LogP contribution in [0.15, 0.2) is 30.3 Å². The van der Waals surface area contributed by atoms with Crippen molar-refractivity contribution in [3.63, 3.8) is 0 Å². The SMILES string of the molecule is CCc1nnc(N2CCCC(CNS(=O)(=O)Cc3ccccc3)C2)s1. The third kappa shape index (κ3) is 5.23. The molecule has 1 unspecified atom stereocenters. The minimum absolute atomic E-state index is 0.0283. The highest BCUT2D eigenvalue weighted by Gasteiger charge is 2.24. The number of hydrogen-bond acceptors (Lipinski definition) is 6. The maximum absolute atomic E-state index is 12.3. The van der Waals surface area contributed by atoms with Gasteiger partial charge in [0.15, 0.2) is 0 Å². The molecule has 0 aliphatic carbocycles. The lowest BCUT2D eigenvalue weighted by Crippen LogP contribution is -2.41. The molecule has 0 amide bonds. The highest BCUT2D eigenvalue weighted by atomic mass is 32.2. The average molecular weight is 381 g/mol. The van der Waals surface area contributed by atoms with E-state index in [9.17, 15) is 8.42 Å². The molecule has 1 aliphatic heterocycles. The van der Waals surface area contributed by atoms with Gasteiger partial charge in [0.25, 0.3) is 0 Å². The van der Waals surface area contributed by atoms with Gasteiger partial charge in [-0.2, -0.15) is 0 Å². The average Bonchev–Trinajstić information content (AvgIpc) is 3.10. The molecule has 2 aromatic rings. The van der Waals surface area contributed by atoms with E-state index in [4.69, 9.17) is 0 Å². The summed E-state index contributed by atoms with van der Waals surface area (Å²) < 4.78 is 27.4. The van der Waals surface area contributed by atoms with E-state index in [0.29, 0.717) is 12.5 Å². The molecule has 1 aliphatic rings. The van der Waals surface area contributed by atoms with Gasteiger partial charge >= 0.3 is 0 Å². The van der Waals surface area contributed by atoms with Crippen molar-refractivity contribution in [1.29, 1.82) is 0 Å². The van der Waals surface area contributed by atoms with E-state index in [2.05, 4.69) is 26.7 Å². The normalized spacial score (nSPS) is 18.4. The molecule has 1 N–H and O–H groups in total. The van der Waals surface area contributed by atoms with E-state index in [1.807, 2.05) is 30.3 Å². The van der Waals surface area contributed by atoms with Gasteiger partial charge in [-0.1, -0.05) is 48.6 Å². The zero-order valence-corrected chi connectivity index (χ0v) is 16.0. The molecule has 0 bridgehead atoms. The number of aromatic nitrogens is 2. The molecule has 1 saturated heterocycles. The highest BCUT2D eigenvalue weighted by molar-refractivity contribution is 7.88. The molecule has 25 heavy (non-hydrogen) atoms. The minimum atomic E-state index is -3.31. The third-order valence-corrected chi connectivity index (χ3v) is 6.79. The fourth-order valence-electron chi connectivity index (χ4n) is 3.01. The molecule has 1 aromatic heterocycles. The zero-order valence-electron chi connectivity index (χ0n) is 14.4. The molecule has 2 heterocycles. The van der Waals surface area contributed by atoms with E-state index in [-0.39, 0.29) is 5.75 Å². The first-order valence-electron chi connectivity index (χ1n) is 8.64. The summed E-state index contributed by atoms with van der Waals surface area (Å²) in [7, 11) is -3.31. The number of piperidine rings is 1. The monoisotopic (exact) mass is 380 g/mol. The summed E-state index contributed by atoms with van der Waals surface area (Å²) in [6, 6.07) is 9.27. The van der Waals surface area contributed by atoms with Crippen molar-refractivity contribution in [2.75, 3.05) is 24.5 Å². The standard InChI is InChI=1S/C17H24N4O2S2/c1-2-16-19-20-17(24-16)21-10-6-9-15(12-21)11-18-25(22,23)13-14-7-4-3-5-8-14/h3-5,7-8,15,18H,2,6,9-13H2,1H3. The number of anilines is 1. The van der Waals surface area contributed by atoms with E-state index < -0.39 is 10.0 Å². The molecule has 0 saturated carbocycles. The second kappa shape index (κ2) is 8.25. The van der Waals surface area contributed by atoms with Crippen LogP contribution in [-0.2, 0) is 22.2 Å². The van der Waals surface area contributed by atoms with E-state index in [0.717, 1.165) is 48.1 Å². The number of rotatable bonds is 7. The Kier molecular flexibility index (Phi) is 6.03. The van der Waals surface area contributed by atoms with Crippen LogP contribution in [0.2, 0.25) is 0 Å². The lowest BCUT2D eigenvalue weighted by atomic mass is 9.99. The summed E-state index contributed by atoms with van der Waals surface area (Å²) in [5.74, 6) is 0.328. The lowest BCUT2D eigenvalue weighted by molar-refractivity contribution is 0.410. The van der Waals surface area contributed by atoms with Gasteiger partial charge in [-0.25, -0.2) is 13.1 Å². The van der Waals surface area contributed by atoms with Crippen molar-refractivity contribution in [2.24, 2.45) is 5.92 Å². The Labute approximate surface area is 153 Å². The van der Waals surface area contributed by atoms with Crippen LogP contribution in [-0.4, -0.2) is 38.2 Å². The maximum Gasteiger partial charge on any atom is 0.215 e. The van der Waals surface area contributed by atoms with Gasteiger partial charge < -0.3 is 4.90 Å². The second-order valence-electron chi connectivity index (χ2n) is 6.38. The van der Waals surface area contributed by atoms with E-state index in [1.54, 1.807) is 11.3 Å². The van der Waals surface area contributed by atoms with Gasteiger partial charge in [0.05, 0.1) is 5.75 Å². The first-order valence-corrected chi connectivity index (χ1v) is 11.1. The Hall–Kier alpha value is -1.51. The fourth-order valence-corrected chi connectivity index (χ4v) is 5.05. The summed E-state index contributed by atoms with van der Waals surface area (Å²) >= 11 is 1.63. The van der Waals surface area contributed by atoms with Gasteiger partial charge in [-0.05, 0) is 30.7 Å². The van der Waals surface area contributed by atoms with Crippen molar-refractivity contribution in [3.8, 4) is 0 Å². The first kappa shape index (κ1) is 18.3. The second-order valence-corrected chi connectivity index (χ2v) is 9.23. The van der Waals surface area contributed by atoms with Crippen molar-refractivity contribution < 1.29 is 8.42 Å². The van der Waals surface area contributed by atoms with Crippen LogP contribution in [0.1, 0.15) is 30.3 Å². The van der Waals surface area contributed by atoms with Crippen LogP contribution in [0.25, 0.3) is 0 Å². The van der Waals surface area contributed by atoms with Gasteiger partial charge in [-0.15, -0.1) is 10.2 Å². The van der Waals surface area contributed by atoms with E-state index >= 15 is 0 Å². The number of hydrogen-bond donors (Lipinski definition) is 1. The minimum Gasteiger partial charge on any atom is -0.346 e. The molecule has 0 radical (unpaired) electrons. The van der Waals surface area contributed by atoms with Crippen molar-refractivity contribution in [2.45, 2.75) is 31.9 Å². The molecular formula is C17H24N4O2S2. The summed E-state index contributed by atoms with van der Waals surface area (Å²) in [5.41, 5.74) is 0.807. The highest BCUT2D eigenvalue weighted by Crippen LogP contribution is 2.26. The smallest absolute Gasteiger partial charge is 0.215 e. The summed E-state index contributed by atoms with van der Waals surface area (Å²) in [6.45, 7) is 4.34. The molecule has 6 nitrogen and oxygen atoms in total. The molecule has 3 rings (SSSR count). The molecule has 0 spiro atoms. The van der Waals surface area contributed by atoms with Gasteiger partial charge in [0, 0.05) is 19.6 Å². The molecule has 1 aromatic carbocycles. The van der Waals surface area contributed by atoms with Crippen LogP contribution < -0.4 is 9.62 Å². The zero-order chi connectivity index (χ0) is 17.7. The van der Waals surface area contributed by atoms with Crippen LogP contribution in [0.3, 0.4) is 0 Å². The van der Waals surface area contributed by atoms with Crippen LogP contribution in [0, 0.1) is 5.92 Å². The van der Waals surface area contributed by atoms with Crippen molar-refractivity contribution in [1.82, 2.24) is 14.9 Å². The number of benzene rings is 1. The molecule has 1 fully saturated rings. The quantitative estimate of drug-likeness (QED) is 0.798. The Morgan fingerprint density at radius 2 is 2.08 bits per heavy atom. The van der Waals surface area contributed by atoms with Crippen molar-refractivity contribution >= 4 is 26.5 Å². The molecule has 8 heteroatoms. The number of sulfonamides is 1. The summed E-state index contributed by atoms with van der Waals surface area (Å²) in [4.78, 5) is 2.23. The van der Waals surface area contributed by atoms with Crippen LogP contribution in [0.5, 0.6) is 0 Å². The Morgan fingerprint density at radius 1 is 1.28 bits per heavy atom. The fraction of sp³-hybridized carbons (Fsp3) is 0.529. The predicted molar refractivity (Wildman–Crippen MR) is 101 cm³/mol. The van der Waals surface area contributed by atoms with Crippen molar-refractivity contribution in [3.05, 3.63) is 40.9 Å².